The lowest BCUT2D eigenvalue weighted by Crippen LogP contribution is -2.50. The first-order valence-corrected chi connectivity index (χ1v) is 14.9. The highest BCUT2D eigenvalue weighted by molar-refractivity contribution is 7.89. The fourth-order valence-electron chi connectivity index (χ4n) is 4.71. The maximum Gasteiger partial charge on any atom is 0.259 e. The molecule has 3 atom stereocenters. The molecule has 0 aliphatic carbocycles. The molecule has 1 N–H and O–H groups in total. The van der Waals surface area contributed by atoms with Crippen LogP contribution in [0.15, 0.2) is 65.7 Å². The Balaban J connectivity index is 1.72. The summed E-state index contributed by atoms with van der Waals surface area (Å²) >= 11 is 0. The van der Waals surface area contributed by atoms with E-state index in [0.717, 1.165) is 16.4 Å². The van der Waals surface area contributed by atoms with Crippen LogP contribution in [-0.2, 0) is 10.0 Å². The van der Waals surface area contributed by atoms with Gasteiger partial charge in [-0.15, -0.1) is 0 Å². The second-order valence-corrected chi connectivity index (χ2v) is 12.8. The van der Waals surface area contributed by atoms with Gasteiger partial charge in [0.1, 0.15) is 17.5 Å². The van der Waals surface area contributed by atoms with Crippen LogP contribution in [0.4, 0.5) is 4.39 Å². The molecule has 2 aromatic carbocycles. The molecule has 0 radical (unpaired) electrons. The third kappa shape index (κ3) is 6.45. The van der Waals surface area contributed by atoms with Gasteiger partial charge in [0.05, 0.1) is 24.1 Å². The molecule has 0 spiro atoms. The number of likely N-dealkylation sites (N-methyl/N-ethyl adjacent to an activating group) is 1. The Hall–Kier alpha value is -3.87. The molecule has 0 saturated heterocycles. The summed E-state index contributed by atoms with van der Waals surface area (Å²) in [5.74, 6) is -1.43. The van der Waals surface area contributed by atoms with E-state index in [1.165, 1.54) is 35.2 Å². The average Bonchev–Trinajstić information content (AvgIpc) is 2.98. The summed E-state index contributed by atoms with van der Waals surface area (Å²) in [5, 5.41) is 9.93. The van der Waals surface area contributed by atoms with E-state index in [1.807, 2.05) is 6.92 Å². The summed E-state index contributed by atoms with van der Waals surface area (Å²) in [4.78, 5) is 33.7. The number of hydrogen-bond donors (Lipinski definition) is 1. The van der Waals surface area contributed by atoms with Gasteiger partial charge in [-0.3, -0.25) is 9.59 Å². The first-order chi connectivity index (χ1) is 19.8. The number of carbonyl (C=O) groups is 2. The normalized spacial score (nSPS) is 18.1. The van der Waals surface area contributed by atoms with Crippen LogP contribution >= 0.6 is 0 Å². The number of nitrogens with zero attached hydrogens (tertiary/aromatic N) is 4. The first-order valence-electron chi connectivity index (χ1n) is 13.5. The lowest BCUT2D eigenvalue weighted by molar-refractivity contribution is 0.0373. The maximum absolute atomic E-state index is 13.8. The van der Waals surface area contributed by atoms with Gasteiger partial charge < -0.3 is 19.6 Å². The number of hydrogen-bond acceptors (Lipinski definition) is 7. The van der Waals surface area contributed by atoms with Gasteiger partial charge in [-0.25, -0.2) is 17.8 Å². The van der Waals surface area contributed by atoms with Crippen molar-refractivity contribution < 1.29 is 32.2 Å². The minimum Gasteiger partial charge on any atom is -0.472 e. The SMILES string of the molecule is C[C@@H]1CN([C@H](C)CO)C(=O)c2cc(-c3cccc(C(=O)N(C)C)c3)cnc2O[C@@H]1CN(C)S(=O)(=O)c1ccc(F)cc1. The predicted molar refractivity (Wildman–Crippen MR) is 155 cm³/mol. The molecule has 0 saturated carbocycles. The monoisotopic (exact) mass is 598 g/mol. The molecule has 4 rings (SSSR count). The Kier molecular flexibility index (Phi) is 9.29. The van der Waals surface area contributed by atoms with Crippen molar-refractivity contribution in [2.24, 2.45) is 5.92 Å². The molecule has 0 unspecified atom stereocenters. The topological polar surface area (TPSA) is 120 Å². The van der Waals surface area contributed by atoms with E-state index in [9.17, 15) is 27.5 Å². The largest absolute Gasteiger partial charge is 0.472 e. The number of pyridine rings is 1. The summed E-state index contributed by atoms with van der Waals surface area (Å²) in [6.45, 7) is 3.39. The summed E-state index contributed by atoms with van der Waals surface area (Å²) in [7, 11) is 0.764. The molecule has 10 nitrogen and oxygen atoms in total. The highest BCUT2D eigenvalue weighted by atomic mass is 32.2. The summed E-state index contributed by atoms with van der Waals surface area (Å²) in [5.41, 5.74) is 1.88. The van der Waals surface area contributed by atoms with Gasteiger partial charge in [0.2, 0.25) is 15.9 Å². The van der Waals surface area contributed by atoms with Crippen molar-refractivity contribution in [2.75, 3.05) is 40.8 Å². The Morgan fingerprint density at radius 2 is 1.83 bits per heavy atom. The highest BCUT2D eigenvalue weighted by Gasteiger charge is 2.36. The molecule has 1 aliphatic rings. The molecule has 2 heterocycles. The zero-order chi connectivity index (χ0) is 30.8. The van der Waals surface area contributed by atoms with Crippen LogP contribution in [0.25, 0.3) is 11.1 Å². The number of sulfonamides is 1. The van der Waals surface area contributed by atoms with E-state index >= 15 is 0 Å². The van der Waals surface area contributed by atoms with E-state index in [0.29, 0.717) is 16.7 Å². The quantitative estimate of drug-likeness (QED) is 0.423. The smallest absolute Gasteiger partial charge is 0.259 e. The Labute approximate surface area is 245 Å². The lowest BCUT2D eigenvalue weighted by atomic mass is 9.99. The standard InChI is InChI=1S/C30H35FN4O6S/c1-19-16-35(20(2)18-36)30(38)26-14-23(21-7-6-8-22(13-21)29(37)33(3)4)15-32-28(26)41-27(19)17-34(5)42(39,40)25-11-9-24(31)10-12-25/h6-15,19-20,27,36H,16-18H2,1-5H3/t19-,20-,27-/m1/s1. The van der Waals surface area contributed by atoms with Crippen LogP contribution in [-0.4, -0.2) is 97.4 Å². The van der Waals surface area contributed by atoms with E-state index in [4.69, 9.17) is 4.74 Å². The van der Waals surface area contributed by atoms with Gasteiger partial charge in [0.25, 0.3) is 11.8 Å². The van der Waals surface area contributed by atoms with E-state index < -0.39 is 28.0 Å². The zero-order valence-corrected chi connectivity index (χ0v) is 25.0. The molecule has 3 aromatic rings. The molecule has 0 bridgehead atoms. The average molecular weight is 599 g/mol. The number of aromatic nitrogens is 1. The highest BCUT2D eigenvalue weighted by Crippen LogP contribution is 2.31. The van der Waals surface area contributed by atoms with Crippen LogP contribution in [0.5, 0.6) is 5.88 Å². The zero-order valence-electron chi connectivity index (χ0n) is 24.2. The first kappa shape index (κ1) is 31.1. The Morgan fingerprint density at radius 3 is 2.48 bits per heavy atom. The van der Waals surface area contributed by atoms with Gasteiger partial charge in [0.15, 0.2) is 0 Å². The summed E-state index contributed by atoms with van der Waals surface area (Å²) in [6.07, 6.45) is 0.817. The van der Waals surface area contributed by atoms with Crippen LogP contribution in [0.3, 0.4) is 0 Å². The second kappa shape index (κ2) is 12.6. The van der Waals surface area contributed by atoms with Gasteiger partial charge in [-0.1, -0.05) is 19.1 Å². The van der Waals surface area contributed by atoms with Gasteiger partial charge in [-0.05, 0) is 55.0 Å². The molecule has 1 aromatic heterocycles. The van der Waals surface area contributed by atoms with Gasteiger partial charge >= 0.3 is 0 Å². The van der Waals surface area contributed by atoms with Crippen LogP contribution in [0, 0.1) is 11.7 Å². The maximum atomic E-state index is 13.8. The number of carbonyl (C=O) groups excluding carboxylic acids is 2. The van der Waals surface area contributed by atoms with Crippen molar-refractivity contribution in [2.45, 2.75) is 30.9 Å². The van der Waals surface area contributed by atoms with E-state index in [2.05, 4.69) is 4.98 Å². The molecule has 224 valence electrons. The predicted octanol–water partition coefficient (Wildman–Crippen LogP) is 3.13. The number of halogens is 1. The van der Waals surface area contributed by atoms with Crippen LogP contribution in [0.1, 0.15) is 34.6 Å². The van der Waals surface area contributed by atoms with Crippen molar-refractivity contribution in [3.05, 3.63) is 77.7 Å². The molecular weight excluding hydrogens is 563 g/mol. The molecule has 2 amide bonds. The third-order valence-corrected chi connectivity index (χ3v) is 9.17. The van der Waals surface area contributed by atoms with E-state index in [1.54, 1.807) is 51.4 Å². The number of fused-ring (bicyclic) bond motifs is 1. The van der Waals surface area contributed by atoms with Gasteiger partial charge in [0, 0.05) is 50.9 Å². The minimum atomic E-state index is -3.97. The Bertz CT molecular complexity index is 1560. The fourth-order valence-corrected chi connectivity index (χ4v) is 5.89. The van der Waals surface area contributed by atoms with E-state index in [-0.39, 0.29) is 53.8 Å². The van der Waals surface area contributed by atoms with Crippen molar-refractivity contribution in [3.8, 4) is 17.0 Å². The number of rotatable bonds is 8. The molecule has 42 heavy (non-hydrogen) atoms. The third-order valence-electron chi connectivity index (χ3n) is 7.33. The molecular formula is C30H35FN4O6S. The van der Waals surface area contributed by atoms with Crippen LogP contribution < -0.4 is 4.74 Å². The van der Waals surface area contributed by atoms with Crippen molar-refractivity contribution in [3.63, 3.8) is 0 Å². The molecule has 0 fully saturated rings. The second-order valence-electron chi connectivity index (χ2n) is 10.7. The van der Waals surface area contributed by atoms with Crippen LogP contribution in [0.2, 0.25) is 0 Å². The summed E-state index contributed by atoms with van der Waals surface area (Å²) in [6, 6.07) is 12.6. The molecule has 12 heteroatoms. The number of aliphatic hydroxyl groups is 1. The van der Waals surface area contributed by atoms with Crippen molar-refractivity contribution in [1.29, 1.82) is 0 Å². The number of amides is 2. The fraction of sp³-hybridized carbons (Fsp3) is 0.367. The number of benzene rings is 2. The number of ether oxygens (including phenoxy) is 1. The minimum absolute atomic E-state index is 0.0311. The molecule has 1 aliphatic heterocycles. The van der Waals surface area contributed by atoms with Gasteiger partial charge in [-0.2, -0.15) is 4.31 Å². The Morgan fingerprint density at radius 1 is 1.14 bits per heavy atom. The van der Waals surface area contributed by atoms with Crippen molar-refractivity contribution in [1.82, 2.24) is 19.1 Å². The van der Waals surface area contributed by atoms with Crippen molar-refractivity contribution >= 4 is 21.8 Å². The lowest BCUT2D eigenvalue weighted by Gasteiger charge is -2.37. The number of aliphatic hydroxyl groups excluding tert-OH is 1. The summed E-state index contributed by atoms with van der Waals surface area (Å²) < 4.78 is 47.2.